The fourth-order valence-corrected chi connectivity index (χ4v) is 2.06. The number of aromatic nitrogens is 1. The molecule has 0 atom stereocenters. The molecular formula is C12H21BrN4OS. The number of nitrogens with one attached hydrogen (secondary N) is 1. The van der Waals surface area contributed by atoms with Gasteiger partial charge in [-0.3, -0.25) is 0 Å². The molecule has 0 bridgehead atoms. The Balaban J connectivity index is 2.55. The van der Waals surface area contributed by atoms with Gasteiger partial charge in [-0.05, 0) is 56.6 Å². The molecule has 5 nitrogen and oxygen atoms in total. The molecule has 0 saturated carbocycles. The van der Waals surface area contributed by atoms with Crippen LogP contribution in [0.15, 0.2) is 16.7 Å². The summed E-state index contributed by atoms with van der Waals surface area (Å²) >= 11 is 4.90. The summed E-state index contributed by atoms with van der Waals surface area (Å²) < 4.78 is 11.8. The van der Waals surface area contributed by atoms with Crippen molar-refractivity contribution in [3.63, 3.8) is 0 Å². The number of hydrogen-bond donors (Lipinski definition) is 1. The second-order valence-electron chi connectivity index (χ2n) is 4.52. The van der Waals surface area contributed by atoms with Gasteiger partial charge in [0.2, 0.25) is 5.88 Å². The van der Waals surface area contributed by atoms with Crippen molar-refractivity contribution in [2.24, 2.45) is 0 Å². The van der Waals surface area contributed by atoms with Crippen LogP contribution in [0, 0.1) is 0 Å². The Morgan fingerprint density at radius 3 is 2.74 bits per heavy atom. The standard InChI is InChI=1S/C12H21BrN4OS/c1-16(2)6-5-7-18-12-11(15-19-17(3)4)8-10(13)9-14-12/h8-9,15H,5-7H2,1-4H3. The molecule has 0 saturated heterocycles. The summed E-state index contributed by atoms with van der Waals surface area (Å²) in [5.41, 5.74) is 0.873. The highest BCUT2D eigenvalue weighted by Crippen LogP contribution is 2.28. The van der Waals surface area contributed by atoms with Crippen LogP contribution in [0.4, 0.5) is 5.69 Å². The van der Waals surface area contributed by atoms with Gasteiger partial charge in [0.05, 0.1) is 6.61 Å². The van der Waals surface area contributed by atoms with E-state index < -0.39 is 0 Å². The first-order valence-electron chi connectivity index (χ1n) is 6.02. The maximum atomic E-state index is 5.72. The topological polar surface area (TPSA) is 40.6 Å². The molecule has 0 unspecified atom stereocenters. The Morgan fingerprint density at radius 2 is 2.11 bits per heavy atom. The zero-order chi connectivity index (χ0) is 14.3. The van der Waals surface area contributed by atoms with E-state index in [1.54, 1.807) is 6.20 Å². The first kappa shape index (κ1) is 16.6. The number of rotatable bonds is 8. The lowest BCUT2D eigenvalue weighted by Crippen LogP contribution is -2.16. The lowest BCUT2D eigenvalue weighted by Gasteiger charge is -2.15. The first-order valence-corrected chi connectivity index (χ1v) is 7.59. The average Bonchev–Trinajstić information content (AvgIpc) is 2.33. The van der Waals surface area contributed by atoms with Crippen molar-refractivity contribution in [2.45, 2.75) is 6.42 Å². The molecule has 0 spiro atoms. The fourth-order valence-electron chi connectivity index (χ4n) is 1.30. The van der Waals surface area contributed by atoms with Crippen LogP contribution in [0.3, 0.4) is 0 Å². The third-order valence-electron chi connectivity index (χ3n) is 2.14. The molecule has 0 aliphatic carbocycles. The molecule has 0 fully saturated rings. The van der Waals surface area contributed by atoms with E-state index in [-0.39, 0.29) is 0 Å². The van der Waals surface area contributed by atoms with Crippen molar-refractivity contribution >= 4 is 33.8 Å². The molecule has 1 N–H and O–H groups in total. The largest absolute Gasteiger partial charge is 0.476 e. The summed E-state index contributed by atoms with van der Waals surface area (Å²) in [5.74, 6) is 0.635. The number of nitrogens with zero attached hydrogens (tertiary/aromatic N) is 3. The van der Waals surface area contributed by atoms with Gasteiger partial charge in [-0.25, -0.2) is 9.29 Å². The maximum Gasteiger partial charge on any atom is 0.238 e. The van der Waals surface area contributed by atoms with Gasteiger partial charge in [0.15, 0.2) is 0 Å². The van der Waals surface area contributed by atoms with E-state index in [2.05, 4.69) is 44.6 Å². The highest BCUT2D eigenvalue weighted by molar-refractivity contribution is 9.10. The van der Waals surface area contributed by atoms with E-state index >= 15 is 0 Å². The van der Waals surface area contributed by atoms with E-state index in [0.717, 1.165) is 23.1 Å². The highest BCUT2D eigenvalue weighted by Gasteiger charge is 2.07. The summed E-state index contributed by atoms with van der Waals surface area (Å²) in [6.45, 7) is 1.67. The van der Waals surface area contributed by atoms with Crippen LogP contribution >= 0.6 is 28.1 Å². The lowest BCUT2D eigenvalue weighted by molar-refractivity contribution is 0.274. The Morgan fingerprint density at radius 1 is 1.37 bits per heavy atom. The summed E-state index contributed by atoms with van der Waals surface area (Å²) in [6, 6.07) is 1.96. The molecule has 1 heterocycles. The third-order valence-corrected chi connectivity index (χ3v) is 3.25. The monoisotopic (exact) mass is 348 g/mol. The van der Waals surface area contributed by atoms with Crippen LogP contribution in [0.2, 0.25) is 0 Å². The van der Waals surface area contributed by atoms with E-state index in [4.69, 9.17) is 4.74 Å². The Kier molecular flexibility index (Phi) is 7.52. The van der Waals surface area contributed by atoms with Crippen molar-refractivity contribution in [3.8, 4) is 5.88 Å². The lowest BCUT2D eigenvalue weighted by atomic mass is 10.4. The second-order valence-corrected chi connectivity index (χ2v) is 6.55. The van der Waals surface area contributed by atoms with Gasteiger partial charge < -0.3 is 14.4 Å². The molecule has 7 heteroatoms. The normalized spacial score (nSPS) is 11.1. The minimum Gasteiger partial charge on any atom is -0.476 e. The third kappa shape index (κ3) is 7.00. The number of halogens is 1. The Hall–Kier alpha value is -0.500. The number of ether oxygens (including phenoxy) is 1. The number of hydrogen-bond acceptors (Lipinski definition) is 6. The van der Waals surface area contributed by atoms with Crippen molar-refractivity contribution in [3.05, 3.63) is 16.7 Å². The van der Waals surface area contributed by atoms with Crippen molar-refractivity contribution in [1.82, 2.24) is 14.2 Å². The van der Waals surface area contributed by atoms with Crippen molar-refractivity contribution < 1.29 is 4.74 Å². The first-order chi connectivity index (χ1) is 8.99. The SMILES string of the molecule is CN(C)CCCOc1ncc(Br)cc1NSN(C)C. The summed E-state index contributed by atoms with van der Waals surface area (Å²) in [5, 5.41) is 0. The van der Waals surface area contributed by atoms with Gasteiger partial charge in [-0.2, -0.15) is 0 Å². The van der Waals surface area contributed by atoms with E-state index in [0.29, 0.717) is 12.5 Å². The predicted octanol–water partition coefficient (Wildman–Crippen LogP) is 2.71. The van der Waals surface area contributed by atoms with Gasteiger partial charge in [0, 0.05) is 29.3 Å². The number of anilines is 1. The average molecular weight is 349 g/mol. The Bertz CT molecular complexity index is 390. The zero-order valence-electron chi connectivity index (χ0n) is 11.8. The number of pyridine rings is 1. The molecule has 108 valence electrons. The van der Waals surface area contributed by atoms with Gasteiger partial charge in [0.25, 0.3) is 0 Å². The van der Waals surface area contributed by atoms with E-state index in [9.17, 15) is 0 Å². The molecule has 0 amide bonds. The molecule has 0 aromatic carbocycles. The van der Waals surface area contributed by atoms with E-state index in [1.165, 1.54) is 12.1 Å². The fraction of sp³-hybridized carbons (Fsp3) is 0.583. The molecule has 1 rings (SSSR count). The summed E-state index contributed by atoms with van der Waals surface area (Å²) in [7, 11) is 8.05. The van der Waals surface area contributed by atoms with Crippen LogP contribution in [0.1, 0.15) is 6.42 Å². The predicted molar refractivity (Wildman–Crippen MR) is 85.5 cm³/mol. The molecule has 19 heavy (non-hydrogen) atoms. The molecule has 1 aromatic rings. The molecule has 1 aromatic heterocycles. The second kappa shape index (κ2) is 8.63. The van der Waals surface area contributed by atoms with Gasteiger partial charge in [-0.15, -0.1) is 0 Å². The quantitative estimate of drug-likeness (QED) is 0.575. The van der Waals surface area contributed by atoms with Crippen LogP contribution in [0.25, 0.3) is 0 Å². The molecule has 0 aliphatic heterocycles. The summed E-state index contributed by atoms with van der Waals surface area (Å²) in [6.07, 6.45) is 2.72. The minimum absolute atomic E-state index is 0.635. The molecule has 0 aliphatic rings. The maximum absolute atomic E-state index is 5.72. The van der Waals surface area contributed by atoms with Gasteiger partial charge in [-0.1, -0.05) is 0 Å². The smallest absolute Gasteiger partial charge is 0.238 e. The molecule has 0 radical (unpaired) electrons. The summed E-state index contributed by atoms with van der Waals surface area (Å²) in [4.78, 5) is 6.43. The van der Waals surface area contributed by atoms with Crippen LogP contribution in [-0.4, -0.2) is 55.5 Å². The Labute approximate surface area is 128 Å². The van der Waals surface area contributed by atoms with Crippen LogP contribution < -0.4 is 9.46 Å². The van der Waals surface area contributed by atoms with Crippen LogP contribution in [0.5, 0.6) is 5.88 Å². The van der Waals surface area contributed by atoms with E-state index in [1.807, 2.05) is 24.5 Å². The minimum atomic E-state index is 0.635. The van der Waals surface area contributed by atoms with Gasteiger partial charge >= 0.3 is 0 Å². The van der Waals surface area contributed by atoms with Gasteiger partial charge in [0.1, 0.15) is 5.69 Å². The van der Waals surface area contributed by atoms with Crippen molar-refractivity contribution in [1.29, 1.82) is 0 Å². The zero-order valence-corrected chi connectivity index (χ0v) is 14.2. The van der Waals surface area contributed by atoms with Crippen molar-refractivity contribution in [2.75, 3.05) is 46.1 Å². The van der Waals surface area contributed by atoms with Crippen LogP contribution in [-0.2, 0) is 0 Å². The molecular weight excluding hydrogens is 328 g/mol. The highest BCUT2D eigenvalue weighted by atomic mass is 79.9.